The summed E-state index contributed by atoms with van der Waals surface area (Å²) in [5.74, 6) is -1.62. The van der Waals surface area contributed by atoms with E-state index in [0.29, 0.717) is 9.58 Å². The van der Waals surface area contributed by atoms with E-state index in [0.717, 1.165) is 43.1 Å². The highest BCUT2D eigenvalue weighted by Crippen LogP contribution is 2.32. The molecule has 0 saturated carbocycles. The van der Waals surface area contributed by atoms with Crippen LogP contribution in [-0.2, 0) is 12.8 Å². The van der Waals surface area contributed by atoms with Crippen molar-refractivity contribution in [3.05, 3.63) is 45.2 Å². The Bertz CT molecular complexity index is 893. The molecular formula is C16H12F2N2OS2. The lowest BCUT2D eigenvalue weighted by Gasteiger charge is -2.08. The molecule has 0 saturated heterocycles. The quantitative estimate of drug-likeness (QED) is 0.723. The molecule has 3 aromatic rings. The fourth-order valence-corrected chi connectivity index (χ4v) is 4.82. The highest BCUT2D eigenvalue weighted by Gasteiger charge is 2.19. The van der Waals surface area contributed by atoms with Gasteiger partial charge in [-0.05, 0) is 43.4 Å². The number of aryl methyl sites for hydroxylation is 2. The van der Waals surface area contributed by atoms with Gasteiger partial charge in [-0.3, -0.25) is 10.1 Å². The molecule has 4 rings (SSSR count). The molecular weight excluding hydrogens is 338 g/mol. The van der Waals surface area contributed by atoms with Gasteiger partial charge in [0.15, 0.2) is 10.9 Å². The van der Waals surface area contributed by atoms with Crippen molar-refractivity contribution < 1.29 is 13.6 Å². The molecule has 0 bridgehead atoms. The minimum Gasteiger partial charge on any atom is -0.297 e. The number of carbonyl (C=O) groups is 1. The van der Waals surface area contributed by atoms with Crippen LogP contribution in [0.2, 0.25) is 0 Å². The van der Waals surface area contributed by atoms with Crippen LogP contribution in [-0.4, -0.2) is 10.9 Å². The van der Waals surface area contributed by atoms with Crippen LogP contribution in [0, 0.1) is 11.6 Å². The maximum atomic E-state index is 13.7. The second-order valence-electron chi connectivity index (χ2n) is 5.47. The summed E-state index contributed by atoms with van der Waals surface area (Å²) in [6, 6.07) is 3.94. The number of nitrogens with one attached hydrogen (secondary N) is 1. The van der Waals surface area contributed by atoms with Crippen LogP contribution < -0.4 is 5.32 Å². The Morgan fingerprint density at radius 2 is 1.96 bits per heavy atom. The van der Waals surface area contributed by atoms with Gasteiger partial charge in [-0.1, -0.05) is 11.3 Å². The predicted molar refractivity (Wildman–Crippen MR) is 88.5 cm³/mol. The normalized spacial score (nSPS) is 14.0. The van der Waals surface area contributed by atoms with Crippen LogP contribution >= 0.6 is 22.7 Å². The number of thiophene rings is 1. The van der Waals surface area contributed by atoms with Gasteiger partial charge >= 0.3 is 0 Å². The zero-order chi connectivity index (χ0) is 16.0. The molecule has 7 heteroatoms. The summed E-state index contributed by atoms with van der Waals surface area (Å²) in [6.45, 7) is 0. The second kappa shape index (κ2) is 5.65. The molecule has 1 aliphatic carbocycles. The van der Waals surface area contributed by atoms with E-state index in [-0.39, 0.29) is 16.6 Å². The van der Waals surface area contributed by atoms with Gasteiger partial charge < -0.3 is 0 Å². The van der Waals surface area contributed by atoms with Gasteiger partial charge in [0, 0.05) is 10.9 Å². The summed E-state index contributed by atoms with van der Waals surface area (Å²) in [5, 5.41) is 2.97. The number of hydrogen-bond donors (Lipinski definition) is 1. The number of halogens is 2. The van der Waals surface area contributed by atoms with Crippen molar-refractivity contribution in [1.29, 1.82) is 0 Å². The Morgan fingerprint density at radius 1 is 1.13 bits per heavy atom. The molecule has 3 nitrogen and oxygen atoms in total. The van der Waals surface area contributed by atoms with Crippen LogP contribution in [0.1, 0.15) is 33.0 Å². The number of fused-ring (bicyclic) bond motifs is 2. The SMILES string of the molecule is O=C(Nc1nc2c(F)cc(F)cc2s1)c1cc2c(s1)CCCC2. The van der Waals surface area contributed by atoms with Gasteiger partial charge in [-0.25, -0.2) is 13.8 Å². The molecule has 1 aromatic carbocycles. The zero-order valence-corrected chi connectivity index (χ0v) is 13.6. The first-order valence-electron chi connectivity index (χ1n) is 7.28. The third-order valence-corrected chi connectivity index (χ3v) is 6.01. The summed E-state index contributed by atoms with van der Waals surface area (Å²) >= 11 is 2.57. The molecule has 0 unspecified atom stereocenters. The summed E-state index contributed by atoms with van der Waals surface area (Å²) in [5.41, 5.74) is 1.33. The Hall–Kier alpha value is -1.86. The van der Waals surface area contributed by atoms with Crippen molar-refractivity contribution in [3.63, 3.8) is 0 Å². The number of aromatic nitrogens is 1. The van der Waals surface area contributed by atoms with Crippen molar-refractivity contribution >= 4 is 43.9 Å². The van der Waals surface area contributed by atoms with Gasteiger partial charge in [-0.15, -0.1) is 11.3 Å². The molecule has 2 aromatic heterocycles. The molecule has 118 valence electrons. The van der Waals surface area contributed by atoms with Crippen LogP contribution in [0.3, 0.4) is 0 Å². The fourth-order valence-electron chi connectivity index (χ4n) is 2.77. The van der Waals surface area contributed by atoms with Crippen molar-refractivity contribution in [2.24, 2.45) is 0 Å². The Morgan fingerprint density at radius 3 is 2.78 bits per heavy atom. The number of benzene rings is 1. The molecule has 1 amide bonds. The number of hydrogen-bond acceptors (Lipinski definition) is 4. The number of nitrogens with zero attached hydrogens (tertiary/aromatic N) is 1. The highest BCUT2D eigenvalue weighted by atomic mass is 32.1. The number of anilines is 1. The van der Waals surface area contributed by atoms with Gasteiger partial charge in [0.2, 0.25) is 0 Å². The molecule has 0 atom stereocenters. The number of amides is 1. The van der Waals surface area contributed by atoms with Gasteiger partial charge in [0.1, 0.15) is 11.3 Å². The van der Waals surface area contributed by atoms with E-state index in [1.54, 1.807) is 0 Å². The minimum atomic E-state index is -0.719. The zero-order valence-electron chi connectivity index (χ0n) is 12.0. The number of thiazole rings is 1. The standard InChI is InChI=1S/C16H12F2N2OS2/c17-9-6-10(18)14-12(7-9)23-16(19-14)20-15(21)13-5-8-3-1-2-4-11(8)22-13/h5-7H,1-4H2,(H,19,20,21). The smallest absolute Gasteiger partial charge is 0.267 e. The van der Waals surface area contributed by atoms with Crippen molar-refractivity contribution in [1.82, 2.24) is 4.98 Å². The maximum absolute atomic E-state index is 13.7. The molecule has 0 radical (unpaired) electrons. The van der Waals surface area contributed by atoms with E-state index in [4.69, 9.17) is 0 Å². The van der Waals surface area contributed by atoms with E-state index in [1.165, 1.54) is 27.8 Å². The molecule has 1 N–H and O–H groups in total. The third kappa shape index (κ3) is 2.74. The second-order valence-corrected chi connectivity index (χ2v) is 7.64. The molecule has 0 fully saturated rings. The number of carbonyl (C=O) groups excluding carboxylic acids is 1. The van der Waals surface area contributed by atoms with Crippen LogP contribution in [0.15, 0.2) is 18.2 Å². The van der Waals surface area contributed by atoms with Gasteiger partial charge in [-0.2, -0.15) is 0 Å². The number of rotatable bonds is 2. The lowest BCUT2D eigenvalue weighted by atomic mass is 9.99. The largest absolute Gasteiger partial charge is 0.297 e. The van der Waals surface area contributed by atoms with E-state index in [9.17, 15) is 13.6 Å². The van der Waals surface area contributed by atoms with E-state index in [1.807, 2.05) is 6.07 Å². The van der Waals surface area contributed by atoms with Crippen LogP contribution in [0.4, 0.5) is 13.9 Å². The third-order valence-electron chi connectivity index (χ3n) is 3.85. The van der Waals surface area contributed by atoms with E-state index >= 15 is 0 Å². The lowest BCUT2D eigenvalue weighted by molar-refractivity contribution is 0.103. The summed E-state index contributed by atoms with van der Waals surface area (Å²) in [7, 11) is 0. The highest BCUT2D eigenvalue weighted by molar-refractivity contribution is 7.22. The first-order chi connectivity index (χ1) is 11.1. The summed E-state index contributed by atoms with van der Waals surface area (Å²) < 4.78 is 27.3. The molecule has 2 heterocycles. The maximum Gasteiger partial charge on any atom is 0.267 e. The van der Waals surface area contributed by atoms with Gasteiger partial charge in [0.25, 0.3) is 5.91 Å². The van der Waals surface area contributed by atoms with Crippen molar-refractivity contribution in [2.75, 3.05) is 5.32 Å². The molecule has 0 aliphatic heterocycles. The predicted octanol–water partition coefficient (Wildman–Crippen LogP) is 4.77. The molecule has 0 spiro atoms. The Balaban J connectivity index is 1.61. The summed E-state index contributed by atoms with van der Waals surface area (Å²) in [6.07, 6.45) is 4.37. The fraction of sp³-hybridized carbons (Fsp3) is 0.250. The first-order valence-corrected chi connectivity index (χ1v) is 8.92. The average molecular weight is 350 g/mol. The lowest BCUT2D eigenvalue weighted by Crippen LogP contribution is -2.09. The van der Waals surface area contributed by atoms with Crippen molar-refractivity contribution in [3.8, 4) is 0 Å². The summed E-state index contributed by atoms with van der Waals surface area (Å²) in [4.78, 5) is 18.3. The van der Waals surface area contributed by atoms with E-state index < -0.39 is 11.6 Å². The molecule has 1 aliphatic rings. The Kier molecular flexibility index (Phi) is 3.61. The van der Waals surface area contributed by atoms with Crippen LogP contribution in [0.5, 0.6) is 0 Å². The Labute approximate surface area is 139 Å². The molecule has 23 heavy (non-hydrogen) atoms. The van der Waals surface area contributed by atoms with Crippen LogP contribution in [0.25, 0.3) is 10.2 Å². The average Bonchev–Trinajstić information content (AvgIpc) is 3.10. The first kappa shape index (κ1) is 14.7. The minimum absolute atomic E-state index is 0.0807. The monoisotopic (exact) mass is 350 g/mol. The van der Waals surface area contributed by atoms with E-state index in [2.05, 4.69) is 10.3 Å². The van der Waals surface area contributed by atoms with Crippen molar-refractivity contribution in [2.45, 2.75) is 25.7 Å². The topological polar surface area (TPSA) is 42.0 Å². The van der Waals surface area contributed by atoms with Gasteiger partial charge in [0.05, 0.1) is 9.58 Å².